The van der Waals surface area contributed by atoms with Crippen LogP contribution in [0.5, 0.6) is 0 Å². The van der Waals surface area contributed by atoms with Crippen molar-refractivity contribution in [3.05, 3.63) is 0 Å². The Balaban J connectivity index is 1.68. The van der Waals surface area contributed by atoms with Gasteiger partial charge in [0.15, 0.2) is 12.0 Å². The Labute approximate surface area is 189 Å². The number of hydrogen-bond donors (Lipinski definition) is 0. The first-order valence-electron chi connectivity index (χ1n) is 10.4. The van der Waals surface area contributed by atoms with Crippen LogP contribution in [0.2, 0.25) is 0 Å². The summed E-state index contributed by atoms with van der Waals surface area (Å²) in [7, 11) is 0. The van der Waals surface area contributed by atoms with Gasteiger partial charge in [-0.3, -0.25) is 14.4 Å². The average Bonchev–Trinajstić information content (AvgIpc) is 3.30. The summed E-state index contributed by atoms with van der Waals surface area (Å²) in [6.07, 6.45) is -18.7. The van der Waals surface area contributed by atoms with E-state index in [0.717, 1.165) is 0 Å². The second kappa shape index (κ2) is 8.29. The van der Waals surface area contributed by atoms with Gasteiger partial charge in [-0.25, -0.2) is 4.79 Å². The van der Waals surface area contributed by atoms with Gasteiger partial charge in [0, 0.05) is 11.8 Å². The molecule has 3 rings (SSSR count). The van der Waals surface area contributed by atoms with Crippen LogP contribution in [0.15, 0.2) is 0 Å². The summed E-state index contributed by atoms with van der Waals surface area (Å²) in [4.78, 5) is 49.0. The third kappa shape index (κ3) is 4.30. The second-order valence-electron chi connectivity index (χ2n) is 9.28. The maximum atomic E-state index is 12.8. The Morgan fingerprint density at radius 1 is 1.12 bits per heavy atom. The van der Waals surface area contributed by atoms with Crippen molar-refractivity contribution in [3.8, 4) is 0 Å². The van der Waals surface area contributed by atoms with Gasteiger partial charge < -0.3 is 18.9 Å². The Morgan fingerprint density at radius 2 is 1.71 bits per heavy atom. The van der Waals surface area contributed by atoms with Crippen LogP contribution in [-0.4, -0.2) is 61.1 Å². The van der Waals surface area contributed by atoms with Gasteiger partial charge in [0.1, 0.15) is 12.2 Å². The fraction of sp³-hybridized carbons (Fsp3) is 0.800. The van der Waals surface area contributed by atoms with Gasteiger partial charge in [0.2, 0.25) is 0 Å². The number of carbonyl (C=O) groups is 4. The number of esters is 4. The molecule has 0 aromatic rings. The minimum atomic E-state index is -5.94. The zero-order chi connectivity index (χ0) is 25.9. The topological polar surface area (TPSA) is 105 Å². The standard InChI is InChI=1S/C20H22F6O8/c1-4-17(2,3)14(28)31-7-10(27)32-11-8-5-9-12(11)33-15(29)18(9,6-8)16(30)34-13(19(21,22)23)20(24,25)26/h8-9,11-13H,4-7H2,1-3H3. The number of rotatable bonds is 7. The molecule has 2 bridgehead atoms. The van der Waals surface area contributed by atoms with Crippen LogP contribution in [0.1, 0.15) is 40.0 Å². The minimum absolute atomic E-state index is 0.0190. The van der Waals surface area contributed by atoms with Gasteiger partial charge in [-0.2, -0.15) is 26.3 Å². The van der Waals surface area contributed by atoms with Crippen LogP contribution in [0, 0.1) is 22.7 Å². The number of alkyl halides is 6. The Morgan fingerprint density at radius 3 is 2.24 bits per heavy atom. The highest BCUT2D eigenvalue weighted by Gasteiger charge is 2.76. The van der Waals surface area contributed by atoms with E-state index < -0.39 is 90.2 Å². The molecule has 1 heterocycles. The lowest BCUT2D eigenvalue weighted by atomic mass is 9.73. The molecule has 0 amide bonds. The van der Waals surface area contributed by atoms with E-state index in [1.165, 1.54) is 0 Å². The van der Waals surface area contributed by atoms with E-state index in [1.807, 2.05) is 0 Å². The van der Waals surface area contributed by atoms with Crippen LogP contribution < -0.4 is 0 Å². The van der Waals surface area contributed by atoms with E-state index in [1.54, 1.807) is 20.8 Å². The summed E-state index contributed by atoms with van der Waals surface area (Å²) in [5, 5.41) is 0. The number of ether oxygens (including phenoxy) is 4. The molecule has 14 heteroatoms. The molecule has 3 aliphatic rings. The summed E-state index contributed by atoms with van der Waals surface area (Å²) in [5.41, 5.74) is -3.19. The molecule has 2 aliphatic carbocycles. The molecule has 192 valence electrons. The van der Waals surface area contributed by atoms with Crippen LogP contribution in [-0.2, 0) is 38.1 Å². The minimum Gasteiger partial charge on any atom is -0.457 e. The molecule has 1 saturated heterocycles. The first-order chi connectivity index (χ1) is 15.4. The monoisotopic (exact) mass is 504 g/mol. The molecule has 5 unspecified atom stereocenters. The zero-order valence-corrected chi connectivity index (χ0v) is 18.2. The van der Waals surface area contributed by atoms with Crippen molar-refractivity contribution in [2.24, 2.45) is 22.7 Å². The van der Waals surface area contributed by atoms with Gasteiger partial charge in [-0.1, -0.05) is 6.92 Å². The van der Waals surface area contributed by atoms with Crippen molar-refractivity contribution < 1.29 is 64.5 Å². The van der Waals surface area contributed by atoms with E-state index in [-0.39, 0.29) is 6.42 Å². The van der Waals surface area contributed by atoms with Crippen molar-refractivity contribution >= 4 is 23.9 Å². The van der Waals surface area contributed by atoms with E-state index in [4.69, 9.17) is 14.2 Å². The first kappa shape index (κ1) is 26.1. The van der Waals surface area contributed by atoms with Crippen molar-refractivity contribution in [1.29, 1.82) is 0 Å². The summed E-state index contributed by atoms with van der Waals surface area (Å²) >= 11 is 0. The van der Waals surface area contributed by atoms with Crippen molar-refractivity contribution in [2.45, 2.75) is 70.7 Å². The number of carbonyl (C=O) groups excluding carboxylic acids is 4. The quantitative estimate of drug-likeness (QED) is 0.226. The van der Waals surface area contributed by atoms with Crippen LogP contribution in [0.3, 0.4) is 0 Å². The smallest absolute Gasteiger partial charge is 0.434 e. The van der Waals surface area contributed by atoms with Gasteiger partial charge in [-0.05, 0) is 33.1 Å². The highest BCUT2D eigenvalue weighted by molar-refractivity contribution is 6.03. The van der Waals surface area contributed by atoms with Gasteiger partial charge in [-0.15, -0.1) is 0 Å². The van der Waals surface area contributed by atoms with E-state index in [2.05, 4.69) is 4.74 Å². The molecule has 2 saturated carbocycles. The molecule has 3 fully saturated rings. The molecule has 0 aromatic carbocycles. The molecule has 0 radical (unpaired) electrons. The van der Waals surface area contributed by atoms with Crippen molar-refractivity contribution in [2.75, 3.05) is 6.61 Å². The molecular weight excluding hydrogens is 482 g/mol. The number of hydrogen-bond acceptors (Lipinski definition) is 8. The predicted molar refractivity (Wildman–Crippen MR) is 95.4 cm³/mol. The largest absolute Gasteiger partial charge is 0.457 e. The van der Waals surface area contributed by atoms with Crippen LogP contribution >= 0.6 is 0 Å². The molecule has 0 aromatic heterocycles. The Bertz CT molecular complexity index is 867. The fourth-order valence-electron chi connectivity index (χ4n) is 4.61. The van der Waals surface area contributed by atoms with Crippen LogP contribution in [0.25, 0.3) is 0 Å². The van der Waals surface area contributed by atoms with Crippen molar-refractivity contribution in [3.63, 3.8) is 0 Å². The van der Waals surface area contributed by atoms with Crippen molar-refractivity contribution in [1.82, 2.24) is 0 Å². The normalized spacial score (nSPS) is 30.4. The predicted octanol–water partition coefficient (Wildman–Crippen LogP) is 2.87. The number of halogens is 6. The molecule has 34 heavy (non-hydrogen) atoms. The third-order valence-electron chi connectivity index (χ3n) is 6.78. The maximum absolute atomic E-state index is 12.8. The molecule has 5 atom stereocenters. The fourth-order valence-corrected chi connectivity index (χ4v) is 4.61. The molecule has 8 nitrogen and oxygen atoms in total. The average molecular weight is 504 g/mol. The second-order valence-corrected chi connectivity index (χ2v) is 9.28. The highest BCUT2D eigenvalue weighted by Crippen LogP contribution is 2.63. The lowest BCUT2D eigenvalue weighted by Gasteiger charge is -2.32. The summed E-state index contributed by atoms with van der Waals surface area (Å²) in [6.45, 7) is 4.21. The molecule has 1 aliphatic heterocycles. The summed E-state index contributed by atoms with van der Waals surface area (Å²) in [5.74, 6) is -6.82. The summed E-state index contributed by atoms with van der Waals surface area (Å²) < 4.78 is 95.8. The molecule has 0 N–H and O–H groups in total. The van der Waals surface area contributed by atoms with E-state index in [0.29, 0.717) is 6.42 Å². The zero-order valence-electron chi connectivity index (χ0n) is 18.2. The molecule has 0 spiro atoms. The third-order valence-corrected chi connectivity index (χ3v) is 6.78. The lowest BCUT2D eigenvalue weighted by Crippen LogP contribution is -2.51. The molecular formula is C20H22F6O8. The van der Waals surface area contributed by atoms with E-state index >= 15 is 0 Å². The van der Waals surface area contributed by atoms with Crippen LogP contribution in [0.4, 0.5) is 26.3 Å². The Hall–Kier alpha value is -2.54. The van der Waals surface area contributed by atoms with Gasteiger partial charge in [0.05, 0.1) is 5.41 Å². The Kier molecular flexibility index (Phi) is 6.36. The van der Waals surface area contributed by atoms with E-state index in [9.17, 15) is 45.5 Å². The van der Waals surface area contributed by atoms with Gasteiger partial charge >= 0.3 is 36.2 Å². The SMILES string of the molecule is CCC(C)(C)C(=O)OCC(=O)OC1C2CC3C1OC(=O)C3(C(=O)OC(C(F)(F)F)C(F)(F)F)C2. The maximum Gasteiger partial charge on any atom is 0.434 e. The lowest BCUT2D eigenvalue weighted by molar-refractivity contribution is -0.315. The van der Waals surface area contributed by atoms with Gasteiger partial charge in [0.25, 0.3) is 6.10 Å². The highest BCUT2D eigenvalue weighted by atomic mass is 19.4. The summed E-state index contributed by atoms with van der Waals surface area (Å²) in [6, 6.07) is 0. The first-order valence-corrected chi connectivity index (χ1v) is 10.4. The number of fused-ring (bicyclic) bond motifs is 1.